The summed E-state index contributed by atoms with van der Waals surface area (Å²) in [4.78, 5) is 38.1. The van der Waals surface area contributed by atoms with Crippen LogP contribution in [-0.2, 0) is 11.1 Å². The molecule has 9 aromatic carbocycles. The standard InChI is InChI=1S/C40H40N4O3.C37H40N4O4/c1-6-42(7-2)28-19-21-34-37(24-28)47-38-25-29(43(8-3)9-4)20-22-35(38)40(34)33-17-13-12-16-31(33)39(45)44(40)41-26-32-30-15-11-10-14-27(30)18-23-36(32)46-5;1-7-39(8-2)26-15-17-30-32(21-26)45-33-22-27(40(9-3)10-4)16-18-31(33)37(30)29-14-12-11-13-28(29)36(43)41(37)38-23-25-19-24(5)20-34(44-6)35(25)42/h10-26H,6-9H2,1-5H3;11-23,42H,7-10H2,1-6H3/b41-26+;38-23+. The second kappa shape index (κ2) is 25.5. The Labute approximate surface area is 539 Å². The number of anilines is 4. The Morgan fingerprint density at radius 2 is 0.826 bits per heavy atom. The molecule has 92 heavy (non-hydrogen) atoms. The summed E-state index contributed by atoms with van der Waals surface area (Å²) in [5.41, 5.74) is 10.5. The lowest BCUT2D eigenvalue weighted by atomic mass is 9.75. The van der Waals surface area contributed by atoms with Crippen LogP contribution in [0.1, 0.15) is 126 Å². The Kier molecular flexibility index (Phi) is 17.2. The van der Waals surface area contributed by atoms with Crippen molar-refractivity contribution < 1.29 is 33.6 Å². The molecule has 1 N–H and O–H groups in total. The number of carbonyl (C=O) groups is 2. The van der Waals surface area contributed by atoms with E-state index in [9.17, 15) is 14.7 Å². The van der Waals surface area contributed by atoms with Crippen LogP contribution in [0.5, 0.6) is 40.2 Å². The van der Waals surface area contributed by atoms with Gasteiger partial charge in [-0.2, -0.15) is 10.2 Å². The third-order valence-corrected chi connectivity index (χ3v) is 18.7. The molecule has 4 aliphatic heterocycles. The molecule has 2 spiro atoms. The van der Waals surface area contributed by atoms with Crippen LogP contribution in [0, 0.1) is 6.92 Å². The van der Waals surface area contributed by atoms with Crippen LogP contribution in [0.4, 0.5) is 22.7 Å². The van der Waals surface area contributed by atoms with Crippen LogP contribution in [-0.4, -0.2) is 106 Å². The molecule has 0 saturated heterocycles. The molecule has 2 amide bonds. The molecule has 0 aliphatic carbocycles. The zero-order chi connectivity index (χ0) is 64.6. The van der Waals surface area contributed by atoms with Gasteiger partial charge in [-0.3, -0.25) is 9.59 Å². The summed E-state index contributed by atoms with van der Waals surface area (Å²) in [6, 6.07) is 56.4. The van der Waals surface area contributed by atoms with Crippen molar-refractivity contribution in [2.24, 2.45) is 10.2 Å². The van der Waals surface area contributed by atoms with Crippen LogP contribution < -0.4 is 38.5 Å². The first-order valence-corrected chi connectivity index (χ1v) is 32.1. The lowest BCUT2D eigenvalue weighted by Crippen LogP contribution is -2.44. The summed E-state index contributed by atoms with van der Waals surface area (Å²) in [6.07, 6.45) is 3.32. The van der Waals surface area contributed by atoms with Gasteiger partial charge in [0, 0.05) is 155 Å². The van der Waals surface area contributed by atoms with Crippen LogP contribution in [0.3, 0.4) is 0 Å². The van der Waals surface area contributed by atoms with Crippen molar-refractivity contribution in [1.29, 1.82) is 0 Å². The van der Waals surface area contributed by atoms with Gasteiger partial charge in [-0.1, -0.05) is 91.0 Å². The molecule has 0 unspecified atom stereocenters. The van der Waals surface area contributed by atoms with E-state index in [-0.39, 0.29) is 17.6 Å². The first-order chi connectivity index (χ1) is 44.8. The number of hydrazone groups is 2. The first kappa shape index (κ1) is 61.9. The van der Waals surface area contributed by atoms with Gasteiger partial charge in [0.15, 0.2) is 11.5 Å². The summed E-state index contributed by atoms with van der Waals surface area (Å²) >= 11 is 0. The van der Waals surface area contributed by atoms with Gasteiger partial charge in [-0.25, -0.2) is 10.0 Å². The van der Waals surface area contributed by atoms with E-state index in [0.29, 0.717) is 51.2 Å². The number of benzene rings is 9. The Bertz CT molecular complexity index is 4230. The topological polar surface area (TPSA) is 135 Å². The predicted molar refractivity (Wildman–Crippen MR) is 370 cm³/mol. The van der Waals surface area contributed by atoms with Crippen LogP contribution >= 0.6 is 0 Å². The highest BCUT2D eigenvalue weighted by molar-refractivity contribution is 6.06. The number of phenolic OH excluding ortho intramolecular Hbond substituents is 1. The molecule has 0 radical (unpaired) electrons. The van der Waals surface area contributed by atoms with Crippen molar-refractivity contribution in [2.45, 2.75) is 73.4 Å². The summed E-state index contributed by atoms with van der Waals surface area (Å²) < 4.78 is 24.8. The highest BCUT2D eigenvalue weighted by Crippen LogP contribution is 2.60. The van der Waals surface area contributed by atoms with E-state index in [1.165, 1.54) is 7.11 Å². The van der Waals surface area contributed by atoms with Crippen LogP contribution in [0.25, 0.3) is 10.8 Å². The second-order valence-electron chi connectivity index (χ2n) is 23.2. The molecule has 9 aromatic rings. The third-order valence-electron chi connectivity index (χ3n) is 18.7. The highest BCUT2D eigenvalue weighted by atomic mass is 16.5. The van der Waals surface area contributed by atoms with Crippen molar-refractivity contribution >= 4 is 57.8 Å². The van der Waals surface area contributed by atoms with E-state index in [1.807, 2.05) is 79.7 Å². The minimum Gasteiger partial charge on any atom is -0.504 e. The number of carbonyl (C=O) groups excluding carboxylic acids is 2. The normalized spacial score (nSPS) is 14.2. The van der Waals surface area contributed by atoms with Gasteiger partial charge in [-0.15, -0.1) is 0 Å². The van der Waals surface area contributed by atoms with Crippen molar-refractivity contribution in [1.82, 2.24) is 10.0 Å². The molecule has 0 fully saturated rings. The lowest BCUT2D eigenvalue weighted by molar-refractivity contribution is 0.0667. The van der Waals surface area contributed by atoms with Gasteiger partial charge in [0.25, 0.3) is 11.8 Å². The molecule has 4 aliphatic rings. The van der Waals surface area contributed by atoms with E-state index in [0.717, 1.165) is 130 Å². The molecule has 15 nitrogen and oxygen atoms in total. The number of aryl methyl sites for hydroxylation is 1. The molecule has 0 aromatic heterocycles. The van der Waals surface area contributed by atoms with E-state index in [4.69, 9.17) is 29.2 Å². The predicted octanol–water partition coefficient (Wildman–Crippen LogP) is 15.7. The molecule has 15 heteroatoms. The minimum absolute atomic E-state index is 0.0365. The monoisotopic (exact) mass is 1230 g/mol. The zero-order valence-corrected chi connectivity index (χ0v) is 54.5. The van der Waals surface area contributed by atoms with Crippen LogP contribution in [0.15, 0.2) is 180 Å². The third kappa shape index (κ3) is 10.0. The SMILES string of the molecule is CCN(CC)c1ccc2c(c1)Oc1cc(N(CC)CC)ccc1C21c2ccccc2C(=O)N1/N=C/c1c(OC)ccc2ccccc12.CCN(CC)c1ccc2c(c1)Oc1cc(N(CC)CC)ccc1C21c2ccccc2C(=O)N1/N=C/c1cc(C)cc(OC)c1O. The number of ether oxygens (including phenoxy) is 4. The molecular weight excluding hydrogens is 1150 g/mol. The number of nitrogens with zero attached hydrogens (tertiary/aromatic N) is 8. The van der Waals surface area contributed by atoms with E-state index >= 15 is 0 Å². The van der Waals surface area contributed by atoms with Crippen molar-refractivity contribution in [2.75, 3.05) is 86.2 Å². The molecule has 0 saturated carbocycles. The van der Waals surface area contributed by atoms with Gasteiger partial charge >= 0.3 is 0 Å². The van der Waals surface area contributed by atoms with Crippen molar-refractivity contribution in [3.8, 4) is 40.2 Å². The Balaban J connectivity index is 0.000000178. The largest absolute Gasteiger partial charge is 0.504 e. The summed E-state index contributed by atoms with van der Waals surface area (Å²) in [5.74, 6) is 3.36. The van der Waals surface area contributed by atoms with Gasteiger partial charge in [0.05, 0.1) is 26.6 Å². The molecular formula is C77H80N8O7. The number of hydrogen-bond donors (Lipinski definition) is 1. The average molecular weight is 1230 g/mol. The van der Waals surface area contributed by atoms with Crippen molar-refractivity contribution in [3.05, 3.63) is 231 Å². The number of rotatable bonds is 18. The van der Waals surface area contributed by atoms with E-state index in [1.54, 1.807) is 35.6 Å². The fourth-order valence-corrected chi connectivity index (χ4v) is 14.1. The number of aromatic hydroxyl groups is 1. The first-order valence-electron chi connectivity index (χ1n) is 32.1. The average Bonchev–Trinajstić information content (AvgIpc) is 1.44. The molecule has 4 heterocycles. The van der Waals surface area contributed by atoms with Gasteiger partial charge in [-0.05, 0) is 133 Å². The summed E-state index contributed by atoms with van der Waals surface area (Å²) in [5, 5.41) is 26.2. The second-order valence-corrected chi connectivity index (χ2v) is 23.2. The van der Waals surface area contributed by atoms with Gasteiger partial charge in [0.1, 0.15) is 39.8 Å². The lowest BCUT2D eigenvalue weighted by Gasteiger charge is -2.42. The fraction of sp³-hybridized carbons (Fsp3) is 0.273. The number of amides is 2. The maximum atomic E-state index is 14.6. The highest BCUT2D eigenvalue weighted by Gasteiger charge is 2.59. The Morgan fingerprint density at radius 3 is 1.23 bits per heavy atom. The zero-order valence-electron chi connectivity index (χ0n) is 54.5. The van der Waals surface area contributed by atoms with Crippen molar-refractivity contribution in [3.63, 3.8) is 0 Å². The molecule has 0 bridgehead atoms. The Hall–Kier alpha value is -10.3. The number of methoxy groups -OCH3 is 2. The quantitative estimate of drug-likeness (QED) is 0.0823. The van der Waals surface area contributed by atoms with Gasteiger partial charge in [0.2, 0.25) is 0 Å². The maximum absolute atomic E-state index is 14.6. The minimum atomic E-state index is -1.11. The maximum Gasteiger partial charge on any atom is 0.275 e. The van der Waals surface area contributed by atoms with E-state index < -0.39 is 11.1 Å². The summed E-state index contributed by atoms with van der Waals surface area (Å²) in [6.45, 7) is 26.0. The smallest absolute Gasteiger partial charge is 0.275 e. The molecule has 470 valence electrons. The fourth-order valence-electron chi connectivity index (χ4n) is 14.1. The summed E-state index contributed by atoms with van der Waals surface area (Å²) in [7, 11) is 3.17. The molecule has 13 rings (SSSR count). The number of phenols is 1. The Morgan fingerprint density at radius 1 is 0.446 bits per heavy atom. The van der Waals surface area contributed by atoms with E-state index in [2.05, 4.69) is 166 Å². The number of hydrogen-bond acceptors (Lipinski definition) is 13. The number of fused-ring (bicyclic) bond motifs is 13. The van der Waals surface area contributed by atoms with Gasteiger partial charge < -0.3 is 43.7 Å². The van der Waals surface area contributed by atoms with Crippen LogP contribution in [0.2, 0.25) is 0 Å². The molecule has 0 atom stereocenters.